The number of phenols is 1. The van der Waals surface area contributed by atoms with Gasteiger partial charge in [0.2, 0.25) is 0 Å². The van der Waals surface area contributed by atoms with Crippen LogP contribution in [0, 0.1) is 23.1 Å². The van der Waals surface area contributed by atoms with E-state index >= 15 is 0 Å². The first-order chi connectivity index (χ1) is 11.9. The molecule has 1 aliphatic heterocycles. The van der Waals surface area contributed by atoms with Gasteiger partial charge >= 0.3 is 0 Å². The van der Waals surface area contributed by atoms with Gasteiger partial charge in [0.25, 0.3) is 0 Å². The van der Waals surface area contributed by atoms with Crippen LogP contribution < -0.4 is 10.6 Å². The van der Waals surface area contributed by atoms with Gasteiger partial charge in [-0.3, -0.25) is 0 Å². The summed E-state index contributed by atoms with van der Waals surface area (Å²) in [4.78, 5) is 2.16. The lowest BCUT2D eigenvalue weighted by molar-refractivity contribution is 0.437. The highest BCUT2D eigenvalue weighted by Crippen LogP contribution is 2.45. The molecule has 0 amide bonds. The van der Waals surface area contributed by atoms with E-state index in [1.807, 2.05) is 12.1 Å². The molecule has 1 aliphatic rings. The first-order valence-corrected chi connectivity index (χ1v) is 8.97. The Bertz CT molecular complexity index is 855. The number of hydrogen-bond donors (Lipinski definition) is 2. The number of halogens is 2. The van der Waals surface area contributed by atoms with E-state index in [2.05, 4.69) is 27.8 Å². The number of aromatic hydroxyl groups is 1. The Morgan fingerprint density at radius 2 is 2.00 bits per heavy atom. The van der Waals surface area contributed by atoms with Crippen molar-refractivity contribution >= 4 is 27.3 Å². The van der Waals surface area contributed by atoms with Crippen molar-refractivity contribution in [2.45, 2.75) is 19.8 Å². The maximum atomic E-state index is 14.0. The van der Waals surface area contributed by atoms with Crippen LogP contribution in [0.15, 0.2) is 28.7 Å². The quantitative estimate of drug-likeness (QED) is 0.565. The highest BCUT2D eigenvalue weighted by molar-refractivity contribution is 9.10. The molecule has 2 aromatic carbocycles. The molecule has 3 rings (SSSR count). The zero-order valence-corrected chi connectivity index (χ0v) is 15.5. The number of rotatable bonds is 2. The van der Waals surface area contributed by atoms with Crippen LogP contribution in [0.25, 0.3) is 11.1 Å². The Labute approximate surface area is 154 Å². The Balaban J connectivity index is 2.08. The number of nitrogen functional groups attached to an aromatic ring is 1. The highest BCUT2D eigenvalue weighted by atomic mass is 79.9. The number of nitriles is 1. The highest BCUT2D eigenvalue weighted by Gasteiger charge is 2.22. The minimum atomic E-state index is -0.587. The van der Waals surface area contributed by atoms with Crippen LogP contribution in [0.4, 0.5) is 15.8 Å². The maximum absolute atomic E-state index is 14.0. The summed E-state index contributed by atoms with van der Waals surface area (Å²) < 4.78 is 14.4. The molecule has 0 saturated carbocycles. The normalized spacial score (nSPS) is 15.2. The molecule has 6 heteroatoms. The second-order valence-electron chi connectivity index (χ2n) is 6.50. The summed E-state index contributed by atoms with van der Waals surface area (Å²) in [6.45, 7) is 3.96. The molecule has 1 saturated heterocycles. The Morgan fingerprint density at radius 3 is 2.60 bits per heavy atom. The summed E-state index contributed by atoms with van der Waals surface area (Å²) in [7, 11) is 0. The van der Waals surface area contributed by atoms with Crippen molar-refractivity contribution in [3.63, 3.8) is 0 Å². The second kappa shape index (κ2) is 6.93. The lowest BCUT2D eigenvalue weighted by Gasteiger charge is -2.33. The van der Waals surface area contributed by atoms with E-state index in [0.29, 0.717) is 27.2 Å². The summed E-state index contributed by atoms with van der Waals surface area (Å²) in [5.41, 5.74) is 8.42. The summed E-state index contributed by atoms with van der Waals surface area (Å²) in [5.74, 6) is 0.0427. The molecule has 1 heterocycles. The van der Waals surface area contributed by atoms with Crippen LogP contribution in [-0.4, -0.2) is 18.2 Å². The third-order valence-corrected chi connectivity index (χ3v) is 5.58. The molecule has 0 unspecified atom stereocenters. The molecule has 130 valence electrons. The van der Waals surface area contributed by atoms with Gasteiger partial charge < -0.3 is 15.7 Å². The van der Waals surface area contributed by atoms with Gasteiger partial charge in [0.05, 0.1) is 21.4 Å². The molecule has 1 fully saturated rings. The van der Waals surface area contributed by atoms with Crippen LogP contribution in [-0.2, 0) is 0 Å². The van der Waals surface area contributed by atoms with Crippen molar-refractivity contribution in [3.8, 4) is 22.9 Å². The summed E-state index contributed by atoms with van der Waals surface area (Å²) >= 11 is 3.36. The fourth-order valence-electron chi connectivity index (χ4n) is 3.14. The standard InChI is InChI=1S/C19H19BrFN3O/c1-11-4-6-24(7-5-11)16-9-14(17(20)19(25)18(16)23)12-2-3-13(10-22)15(21)8-12/h2-3,8-9,11,25H,4-7,23H2,1H3. The van der Waals surface area contributed by atoms with E-state index in [1.165, 1.54) is 12.1 Å². The van der Waals surface area contributed by atoms with Crippen LogP contribution in [0.3, 0.4) is 0 Å². The molecule has 4 nitrogen and oxygen atoms in total. The third-order valence-electron chi connectivity index (χ3n) is 4.78. The molecular formula is C19H19BrFN3O. The van der Waals surface area contributed by atoms with Crippen molar-refractivity contribution < 1.29 is 9.50 Å². The van der Waals surface area contributed by atoms with Gasteiger partial charge in [-0.05, 0) is 58.5 Å². The average Bonchev–Trinajstić information content (AvgIpc) is 2.61. The Kier molecular flexibility index (Phi) is 4.87. The van der Waals surface area contributed by atoms with Crippen molar-refractivity contribution in [1.29, 1.82) is 5.26 Å². The number of hydrogen-bond acceptors (Lipinski definition) is 4. The van der Waals surface area contributed by atoms with E-state index in [9.17, 15) is 9.50 Å². The molecule has 3 N–H and O–H groups in total. The minimum absolute atomic E-state index is 0.00946. The molecular weight excluding hydrogens is 385 g/mol. The molecule has 2 aromatic rings. The molecule has 0 aromatic heterocycles. The average molecular weight is 404 g/mol. The second-order valence-corrected chi connectivity index (χ2v) is 7.29. The SMILES string of the molecule is CC1CCN(c2cc(-c3ccc(C#N)c(F)c3)c(Br)c(O)c2N)CC1. The van der Waals surface area contributed by atoms with Crippen molar-refractivity contribution in [2.75, 3.05) is 23.7 Å². The van der Waals surface area contributed by atoms with Crippen molar-refractivity contribution in [2.24, 2.45) is 5.92 Å². The molecule has 0 atom stereocenters. The topological polar surface area (TPSA) is 73.3 Å². The van der Waals surface area contributed by atoms with Crippen molar-refractivity contribution in [3.05, 3.63) is 40.1 Å². The number of nitrogens with zero attached hydrogens (tertiary/aromatic N) is 2. The number of piperidine rings is 1. The molecule has 0 aliphatic carbocycles. The van der Waals surface area contributed by atoms with Gasteiger partial charge in [0.15, 0.2) is 5.75 Å². The summed E-state index contributed by atoms with van der Waals surface area (Å²) in [5, 5.41) is 19.3. The van der Waals surface area contributed by atoms with Gasteiger partial charge in [-0.15, -0.1) is 0 Å². The molecule has 25 heavy (non-hydrogen) atoms. The summed E-state index contributed by atoms with van der Waals surface area (Å²) in [6, 6.07) is 8.09. The van der Waals surface area contributed by atoms with E-state index in [4.69, 9.17) is 11.0 Å². The van der Waals surface area contributed by atoms with Gasteiger partial charge in [-0.25, -0.2) is 4.39 Å². The van der Waals surface area contributed by atoms with E-state index in [-0.39, 0.29) is 11.3 Å². The number of phenolic OH excluding ortho intramolecular Hbond substituents is 1. The zero-order valence-electron chi connectivity index (χ0n) is 13.9. The smallest absolute Gasteiger partial charge is 0.155 e. The lowest BCUT2D eigenvalue weighted by atomic mass is 9.97. The van der Waals surface area contributed by atoms with E-state index in [0.717, 1.165) is 31.6 Å². The first kappa shape index (κ1) is 17.6. The van der Waals surface area contributed by atoms with Crippen LogP contribution >= 0.6 is 15.9 Å². The largest absolute Gasteiger partial charge is 0.505 e. The fourth-order valence-corrected chi connectivity index (χ4v) is 3.70. The molecule has 0 radical (unpaired) electrons. The number of nitrogens with two attached hydrogens (primary N) is 1. The van der Waals surface area contributed by atoms with Crippen LogP contribution in [0.1, 0.15) is 25.3 Å². The lowest BCUT2D eigenvalue weighted by Crippen LogP contribution is -2.33. The first-order valence-electron chi connectivity index (χ1n) is 8.18. The maximum Gasteiger partial charge on any atom is 0.155 e. The fraction of sp³-hybridized carbons (Fsp3) is 0.316. The van der Waals surface area contributed by atoms with Gasteiger partial charge in [0, 0.05) is 18.7 Å². The zero-order chi connectivity index (χ0) is 18.1. The van der Waals surface area contributed by atoms with Crippen molar-refractivity contribution in [1.82, 2.24) is 0 Å². The minimum Gasteiger partial charge on any atom is -0.505 e. The predicted molar refractivity (Wildman–Crippen MR) is 101 cm³/mol. The molecule has 0 spiro atoms. The van der Waals surface area contributed by atoms with E-state index in [1.54, 1.807) is 6.07 Å². The van der Waals surface area contributed by atoms with Gasteiger partial charge in [-0.1, -0.05) is 13.0 Å². The van der Waals surface area contributed by atoms with Crippen LogP contribution in [0.2, 0.25) is 0 Å². The Hall–Kier alpha value is -2.26. The predicted octanol–water partition coefficient (Wildman–Crippen LogP) is 4.65. The number of anilines is 2. The molecule has 0 bridgehead atoms. The summed E-state index contributed by atoms with van der Waals surface area (Å²) in [6.07, 6.45) is 2.13. The Morgan fingerprint density at radius 1 is 1.32 bits per heavy atom. The van der Waals surface area contributed by atoms with E-state index < -0.39 is 5.82 Å². The third kappa shape index (κ3) is 3.29. The van der Waals surface area contributed by atoms with Crippen LogP contribution in [0.5, 0.6) is 5.75 Å². The number of benzene rings is 2. The monoisotopic (exact) mass is 403 g/mol. The van der Waals surface area contributed by atoms with Gasteiger partial charge in [0.1, 0.15) is 11.9 Å². The van der Waals surface area contributed by atoms with Gasteiger partial charge in [-0.2, -0.15) is 5.26 Å².